The Morgan fingerprint density at radius 2 is 1.79 bits per heavy atom. The highest BCUT2D eigenvalue weighted by molar-refractivity contribution is 5.99. The zero-order chi connectivity index (χ0) is 20.8. The summed E-state index contributed by atoms with van der Waals surface area (Å²) in [5, 5.41) is 3.91. The van der Waals surface area contributed by atoms with E-state index in [9.17, 15) is 22.8 Å². The van der Waals surface area contributed by atoms with Crippen molar-refractivity contribution >= 4 is 11.9 Å². The Balaban J connectivity index is 2.42. The van der Waals surface area contributed by atoms with Crippen molar-refractivity contribution in [1.29, 1.82) is 0 Å². The fourth-order valence-corrected chi connectivity index (χ4v) is 2.48. The Morgan fingerprint density at radius 3 is 2.36 bits per heavy atom. The smallest absolute Gasteiger partial charge is 0.436 e. The Morgan fingerprint density at radius 1 is 1.11 bits per heavy atom. The van der Waals surface area contributed by atoms with Crippen LogP contribution in [0.25, 0.3) is 0 Å². The highest BCUT2D eigenvalue weighted by atomic mass is 19.4. The van der Waals surface area contributed by atoms with Gasteiger partial charge in [0.05, 0.1) is 12.3 Å². The minimum absolute atomic E-state index is 0.0139. The zero-order valence-electron chi connectivity index (χ0n) is 15.3. The molecule has 1 atom stereocenters. The predicted molar refractivity (Wildman–Crippen MR) is 95.1 cm³/mol. The average Bonchev–Trinajstić information content (AvgIpc) is 2.65. The number of pyridine rings is 1. The second kappa shape index (κ2) is 8.83. The van der Waals surface area contributed by atoms with Crippen molar-refractivity contribution in [3.05, 3.63) is 65.5 Å². The van der Waals surface area contributed by atoms with Gasteiger partial charge in [-0.3, -0.25) is 15.1 Å². The summed E-state index contributed by atoms with van der Waals surface area (Å²) in [5.74, 6) is -2.71. The van der Waals surface area contributed by atoms with Gasteiger partial charge in [0.25, 0.3) is 11.6 Å². The summed E-state index contributed by atoms with van der Waals surface area (Å²) in [6, 6.07) is 10.8. The number of alkyl halides is 3. The lowest BCUT2D eigenvalue weighted by Crippen LogP contribution is -2.72. The fraction of sp³-hybridized carbons (Fsp3) is 0.316. The standard InChI is InChI=1S/C19H20F3N3O3/c1-3-28-17(27)18(19(20,21)22,24-12-14-9-6-7-11-23-14)25-16(26)15-10-5-4-8-13(15)2/h4-11,24H,3,12H2,1-2H3,(H,25,26)/t18-/m0/s1. The molecule has 0 aliphatic carbocycles. The predicted octanol–water partition coefficient (Wildman–Crippen LogP) is 2.73. The van der Waals surface area contributed by atoms with Crippen LogP contribution in [0.4, 0.5) is 13.2 Å². The topological polar surface area (TPSA) is 80.3 Å². The van der Waals surface area contributed by atoms with E-state index in [1.165, 1.54) is 31.3 Å². The molecule has 1 amide bonds. The van der Waals surface area contributed by atoms with E-state index in [-0.39, 0.29) is 17.9 Å². The number of hydrogen-bond acceptors (Lipinski definition) is 5. The number of halogens is 3. The van der Waals surface area contributed by atoms with Gasteiger partial charge in [0.1, 0.15) is 0 Å². The number of hydrogen-bond donors (Lipinski definition) is 2. The SMILES string of the molecule is CCOC(=O)[C@](NCc1ccccn1)(NC(=O)c1ccccc1C)C(F)(F)F. The van der Waals surface area contributed by atoms with Crippen LogP contribution in [0.1, 0.15) is 28.5 Å². The van der Waals surface area contributed by atoms with Gasteiger partial charge >= 0.3 is 12.1 Å². The molecule has 6 nitrogen and oxygen atoms in total. The molecule has 2 N–H and O–H groups in total. The van der Waals surface area contributed by atoms with Crippen LogP contribution in [0.2, 0.25) is 0 Å². The van der Waals surface area contributed by atoms with Crippen molar-refractivity contribution in [1.82, 2.24) is 15.6 Å². The van der Waals surface area contributed by atoms with Crippen molar-refractivity contribution in [2.75, 3.05) is 6.61 Å². The van der Waals surface area contributed by atoms with Crippen LogP contribution in [0.15, 0.2) is 48.7 Å². The van der Waals surface area contributed by atoms with Crippen molar-refractivity contribution in [2.24, 2.45) is 0 Å². The van der Waals surface area contributed by atoms with Gasteiger partial charge in [-0.05, 0) is 37.6 Å². The number of nitrogens with zero attached hydrogens (tertiary/aromatic N) is 1. The Hall–Kier alpha value is -2.94. The quantitative estimate of drug-likeness (QED) is 0.557. The summed E-state index contributed by atoms with van der Waals surface area (Å²) in [5.41, 5.74) is -2.70. The maximum atomic E-state index is 14.0. The van der Waals surface area contributed by atoms with Crippen LogP contribution in [-0.2, 0) is 16.1 Å². The number of carbonyl (C=O) groups excluding carboxylic acids is 2. The molecule has 2 aromatic rings. The Bertz CT molecular complexity index is 828. The maximum Gasteiger partial charge on any atom is 0.436 e. The monoisotopic (exact) mass is 395 g/mol. The minimum Gasteiger partial charge on any atom is -0.463 e. The third kappa shape index (κ3) is 4.66. The Kier molecular flexibility index (Phi) is 6.74. The van der Waals surface area contributed by atoms with E-state index in [1.807, 2.05) is 0 Å². The third-order valence-corrected chi connectivity index (χ3v) is 3.96. The molecule has 0 saturated carbocycles. The van der Waals surface area contributed by atoms with Gasteiger partial charge in [-0.15, -0.1) is 0 Å². The first-order chi connectivity index (χ1) is 13.2. The summed E-state index contributed by atoms with van der Waals surface area (Å²) in [6.07, 6.45) is -3.77. The lowest BCUT2D eigenvalue weighted by Gasteiger charge is -2.34. The van der Waals surface area contributed by atoms with Crippen LogP contribution in [0.5, 0.6) is 0 Å². The molecule has 150 valence electrons. The van der Waals surface area contributed by atoms with Gasteiger partial charge in [-0.2, -0.15) is 13.2 Å². The summed E-state index contributed by atoms with van der Waals surface area (Å²) in [4.78, 5) is 28.8. The van der Waals surface area contributed by atoms with Crippen molar-refractivity contribution in [3.63, 3.8) is 0 Å². The number of aryl methyl sites for hydroxylation is 1. The van der Waals surface area contributed by atoms with E-state index in [0.29, 0.717) is 5.56 Å². The molecule has 0 fully saturated rings. The van der Waals surface area contributed by atoms with Gasteiger partial charge in [0.15, 0.2) is 0 Å². The molecule has 0 aliphatic rings. The second-order valence-corrected chi connectivity index (χ2v) is 5.91. The summed E-state index contributed by atoms with van der Waals surface area (Å²) >= 11 is 0. The number of ether oxygens (including phenoxy) is 1. The van der Waals surface area contributed by atoms with Crippen LogP contribution in [0, 0.1) is 6.92 Å². The molecule has 28 heavy (non-hydrogen) atoms. The lowest BCUT2D eigenvalue weighted by atomic mass is 10.1. The second-order valence-electron chi connectivity index (χ2n) is 5.91. The molecule has 9 heteroatoms. The minimum atomic E-state index is -5.17. The first kappa shape index (κ1) is 21.4. The van der Waals surface area contributed by atoms with Gasteiger partial charge in [0.2, 0.25) is 0 Å². The van der Waals surface area contributed by atoms with Gasteiger partial charge < -0.3 is 10.1 Å². The van der Waals surface area contributed by atoms with Gasteiger partial charge in [-0.25, -0.2) is 4.79 Å². The number of benzene rings is 1. The van der Waals surface area contributed by atoms with Crippen molar-refractivity contribution < 1.29 is 27.5 Å². The number of esters is 1. The van der Waals surface area contributed by atoms with Crippen LogP contribution >= 0.6 is 0 Å². The molecule has 0 radical (unpaired) electrons. The molecule has 1 aromatic carbocycles. The maximum absolute atomic E-state index is 14.0. The van der Waals surface area contributed by atoms with Crippen molar-refractivity contribution in [3.8, 4) is 0 Å². The van der Waals surface area contributed by atoms with E-state index in [0.717, 1.165) is 0 Å². The fourth-order valence-electron chi connectivity index (χ4n) is 2.48. The number of amides is 1. The van der Waals surface area contributed by atoms with Crippen LogP contribution in [0.3, 0.4) is 0 Å². The number of carbonyl (C=O) groups is 2. The zero-order valence-corrected chi connectivity index (χ0v) is 15.3. The molecule has 1 heterocycles. The summed E-state index contributed by atoms with van der Waals surface area (Å²) < 4.78 is 46.7. The first-order valence-corrected chi connectivity index (χ1v) is 8.48. The Labute approximate surface area is 160 Å². The summed E-state index contributed by atoms with van der Waals surface area (Å²) in [7, 11) is 0. The van der Waals surface area contributed by atoms with E-state index < -0.39 is 30.3 Å². The first-order valence-electron chi connectivity index (χ1n) is 8.48. The third-order valence-electron chi connectivity index (χ3n) is 3.96. The number of nitrogens with one attached hydrogen (secondary N) is 2. The van der Waals surface area contributed by atoms with E-state index in [1.54, 1.807) is 36.5 Å². The molecule has 0 spiro atoms. The van der Waals surface area contributed by atoms with Gasteiger partial charge in [-0.1, -0.05) is 24.3 Å². The molecule has 1 aromatic heterocycles. The van der Waals surface area contributed by atoms with Crippen molar-refractivity contribution in [2.45, 2.75) is 32.2 Å². The number of rotatable bonds is 7. The highest BCUT2D eigenvalue weighted by Gasteiger charge is 2.63. The highest BCUT2D eigenvalue weighted by Crippen LogP contribution is 2.30. The lowest BCUT2D eigenvalue weighted by molar-refractivity contribution is -0.219. The normalized spacial score (nSPS) is 13.5. The van der Waals surface area contributed by atoms with Crippen LogP contribution < -0.4 is 10.6 Å². The molecule has 0 saturated heterocycles. The number of aromatic nitrogens is 1. The molecule has 0 aliphatic heterocycles. The van der Waals surface area contributed by atoms with E-state index >= 15 is 0 Å². The van der Waals surface area contributed by atoms with Crippen LogP contribution in [-0.4, -0.2) is 35.3 Å². The van der Waals surface area contributed by atoms with Gasteiger partial charge in [0, 0.05) is 18.3 Å². The molecular weight excluding hydrogens is 375 g/mol. The summed E-state index contributed by atoms with van der Waals surface area (Å²) in [6.45, 7) is 2.24. The largest absolute Gasteiger partial charge is 0.463 e. The molecular formula is C19H20F3N3O3. The molecule has 2 rings (SSSR count). The molecule has 0 bridgehead atoms. The van der Waals surface area contributed by atoms with E-state index in [4.69, 9.17) is 0 Å². The van der Waals surface area contributed by atoms with E-state index in [2.05, 4.69) is 15.0 Å². The molecule has 0 unspecified atom stereocenters. The average molecular weight is 395 g/mol.